The Morgan fingerprint density at radius 1 is 1.07 bits per heavy atom. The zero-order valence-electron chi connectivity index (χ0n) is 15.1. The molecule has 4 rings (SSSR count). The molecule has 0 aliphatic carbocycles. The van der Waals surface area contributed by atoms with E-state index in [-0.39, 0.29) is 16.5 Å². The van der Waals surface area contributed by atoms with Crippen molar-refractivity contribution in [3.8, 4) is 0 Å². The van der Waals surface area contributed by atoms with Crippen LogP contribution in [-0.2, 0) is 10.0 Å². The van der Waals surface area contributed by atoms with Crippen LogP contribution in [0, 0.1) is 0 Å². The largest absolute Gasteiger partial charge is 0.341 e. The lowest BCUT2D eigenvalue weighted by molar-refractivity contribution is 0.102. The lowest BCUT2D eigenvalue weighted by atomic mass is 10.2. The van der Waals surface area contributed by atoms with E-state index in [4.69, 9.17) is 11.6 Å². The van der Waals surface area contributed by atoms with Crippen molar-refractivity contribution in [2.45, 2.75) is 19.3 Å². The molecule has 3 heterocycles. The average molecular weight is 422 g/mol. The SMILES string of the molecule is O=C(Nc1ccc(N2CCCS2(=O)=O)cc1)c1nc(N2CCCC2)ncc1Cl. The van der Waals surface area contributed by atoms with E-state index in [0.29, 0.717) is 30.3 Å². The third-order valence-electron chi connectivity index (χ3n) is 4.85. The van der Waals surface area contributed by atoms with E-state index in [1.165, 1.54) is 10.5 Å². The van der Waals surface area contributed by atoms with Crippen LogP contribution >= 0.6 is 11.6 Å². The molecule has 1 amide bonds. The van der Waals surface area contributed by atoms with Gasteiger partial charge in [-0.2, -0.15) is 0 Å². The summed E-state index contributed by atoms with van der Waals surface area (Å²) in [6.45, 7) is 2.21. The molecular weight excluding hydrogens is 402 g/mol. The van der Waals surface area contributed by atoms with Gasteiger partial charge >= 0.3 is 0 Å². The van der Waals surface area contributed by atoms with Crippen LogP contribution in [0.2, 0.25) is 5.02 Å². The number of aromatic nitrogens is 2. The van der Waals surface area contributed by atoms with Crippen LogP contribution in [0.1, 0.15) is 29.8 Å². The zero-order valence-corrected chi connectivity index (χ0v) is 16.7. The highest BCUT2D eigenvalue weighted by Gasteiger charge is 2.28. The molecule has 2 aromatic rings. The smallest absolute Gasteiger partial charge is 0.276 e. The minimum atomic E-state index is -3.23. The Labute approximate surface area is 168 Å². The molecule has 2 saturated heterocycles. The molecule has 0 radical (unpaired) electrons. The highest BCUT2D eigenvalue weighted by Crippen LogP contribution is 2.26. The lowest BCUT2D eigenvalue weighted by Gasteiger charge is -2.17. The van der Waals surface area contributed by atoms with Crippen molar-refractivity contribution in [3.05, 3.63) is 41.2 Å². The van der Waals surface area contributed by atoms with Gasteiger partial charge in [0, 0.05) is 25.3 Å². The van der Waals surface area contributed by atoms with Gasteiger partial charge in [-0.3, -0.25) is 9.10 Å². The van der Waals surface area contributed by atoms with Crippen molar-refractivity contribution in [2.75, 3.05) is 39.9 Å². The van der Waals surface area contributed by atoms with Gasteiger partial charge in [0.25, 0.3) is 5.91 Å². The molecule has 2 aliphatic heterocycles. The predicted octanol–water partition coefficient (Wildman–Crippen LogP) is 2.52. The van der Waals surface area contributed by atoms with E-state index in [2.05, 4.69) is 15.3 Å². The van der Waals surface area contributed by atoms with Crippen LogP contribution in [0.15, 0.2) is 30.5 Å². The first-order valence-electron chi connectivity index (χ1n) is 9.13. The average Bonchev–Trinajstić information content (AvgIpc) is 3.32. The van der Waals surface area contributed by atoms with Crippen LogP contribution < -0.4 is 14.5 Å². The number of anilines is 3. The highest BCUT2D eigenvalue weighted by atomic mass is 35.5. The van der Waals surface area contributed by atoms with E-state index >= 15 is 0 Å². The Hall–Kier alpha value is -2.39. The quantitative estimate of drug-likeness (QED) is 0.814. The van der Waals surface area contributed by atoms with Crippen molar-refractivity contribution >= 4 is 44.9 Å². The van der Waals surface area contributed by atoms with Gasteiger partial charge in [-0.1, -0.05) is 11.6 Å². The van der Waals surface area contributed by atoms with E-state index < -0.39 is 15.9 Å². The minimum Gasteiger partial charge on any atom is -0.341 e. The Morgan fingerprint density at radius 3 is 2.43 bits per heavy atom. The van der Waals surface area contributed by atoms with Crippen LogP contribution in [0.3, 0.4) is 0 Å². The van der Waals surface area contributed by atoms with E-state index in [0.717, 1.165) is 25.9 Å². The molecule has 0 bridgehead atoms. The second-order valence-electron chi connectivity index (χ2n) is 6.80. The normalized spacial score (nSPS) is 18.5. The summed E-state index contributed by atoms with van der Waals surface area (Å²) in [5.74, 6) is 0.230. The Morgan fingerprint density at radius 2 is 1.79 bits per heavy atom. The molecule has 0 atom stereocenters. The number of benzene rings is 1. The number of halogens is 1. The highest BCUT2D eigenvalue weighted by molar-refractivity contribution is 7.93. The lowest BCUT2D eigenvalue weighted by Crippen LogP contribution is -2.25. The van der Waals surface area contributed by atoms with Crippen molar-refractivity contribution in [1.29, 1.82) is 0 Å². The molecule has 2 aliphatic rings. The molecule has 0 unspecified atom stereocenters. The van der Waals surface area contributed by atoms with Crippen LogP contribution in [0.4, 0.5) is 17.3 Å². The van der Waals surface area contributed by atoms with E-state index in [1.54, 1.807) is 24.3 Å². The number of amides is 1. The van der Waals surface area contributed by atoms with Gasteiger partial charge in [0.15, 0.2) is 5.69 Å². The number of sulfonamides is 1. The minimum absolute atomic E-state index is 0.116. The summed E-state index contributed by atoms with van der Waals surface area (Å²) in [6.07, 6.45) is 4.21. The number of carbonyl (C=O) groups excluding carboxylic acids is 1. The third-order valence-corrected chi connectivity index (χ3v) is 6.99. The van der Waals surface area contributed by atoms with Crippen LogP contribution in [0.25, 0.3) is 0 Å². The molecule has 28 heavy (non-hydrogen) atoms. The number of nitrogens with zero attached hydrogens (tertiary/aromatic N) is 4. The van der Waals surface area contributed by atoms with Gasteiger partial charge in [-0.05, 0) is 43.5 Å². The van der Waals surface area contributed by atoms with Gasteiger partial charge in [0.2, 0.25) is 16.0 Å². The maximum Gasteiger partial charge on any atom is 0.276 e. The molecule has 1 aromatic carbocycles. The predicted molar refractivity (Wildman–Crippen MR) is 109 cm³/mol. The summed E-state index contributed by atoms with van der Waals surface area (Å²) >= 11 is 6.13. The van der Waals surface area contributed by atoms with Gasteiger partial charge in [0.05, 0.1) is 22.7 Å². The number of hydrogen-bond acceptors (Lipinski definition) is 6. The molecule has 1 N–H and O–H groups in total. The summed E-state index contributed by atoms with van der Waals surface area (Å²) in [5.41, 5.74) is 1.24. The Balaban J connectivity index is 1.50. The Bertz CT molecular complexity index is 991. The first-order chi connectivity index (χ1) is 13.4. The number of hydrogen-bond donors (Lipinski definition) is 1. The maximum atomic E-state index is 12.6. The molecule has 10 heteroatoms. The molecule has 0 spiro atoms. The second kappa shape index (κ2) is 7.56. The summed E-state index contributed by atoms with van der Waals surface area (Å²) in [5, 5.41) is 2.94. The number of rotatable bonds is 4. The van der Waals surface area contributed by atoms with Gasteiger partial charge < -0.3 is 10.2 Å². The van der Waals surface area contributed by atoms with Crippen molar-refractivity contribution < 1.29 is 13.2 Å². The molecular formula is C18H20ClN5O3S. The fourth-order valence-electron chi connectivity index (χ4n) is 3.42. The first-order valence-corrected chi connectivity index (χ1v) is 11.1. The fraction of sp³-hybridized carbons (Fsp3) is 0.389. The van der Waals surface area contributed by atoms with Gasteiger partial charge in [-0.25, -0.2) is 18.4 Å². The topological polar surface area (TPSA) is 95.5 Å². The second-order valence-corrected chi connectivity index (χ2v) is 9.22. The van der Waals surface area contributed by atoms with Crippen molar-refractivity contribution in [1.82, 2.24) is 9.97 Å². The number of nitrogens with one attached hydrogen (secondary N) is 1. The van der Waals surface area contributed by atoms with Gasteiger partial charge in [-0.15, -0.1) is 0 Å². The molecule has 0 saturated carbocycles. The van der Waals surface area contributed by atoms with Crippen molar-refractivity contribution in [2.24, 2.45) is 0 Å². The summed E-state index contributed by atoms with van der Waals surface area (Å²) < 4.78 is 25.4. The molecule has 1 aromatic heterocycles. The summed E-state index contributed by atoms with van der Waals surface area (Å²) in [4.78, 5) is 23.2. The van der Waals surface area contributed by atoms with E-state index in [1.807, 2.05) is 4.90 Å². The molecule has 8 nitrogen and oxygen atoms in total. The van der Waals surface area contributed by atoms with E-state index in [9.17, 15) is 13.2 Å². The summed E-state index contributed by atoms with van der Waals surface area (Å²) in [6, 6.07) is 6.68. The standard InChI is InChI=1S/C18H20ClN5O3S/c19-15-12-20-18(23-8-1-2-9-23)22-16(15)17(25)21-13-4-6-14(7-5-13)24-10-3-11-28(24,26)27/h4-7,12H,1-3,8-11H2,(H,21,25). The molecule has 148 valence electrons. The summed E-state index contributed by atoms with van der Waals surface area (Å²) in [7, 11) is -3.23. The van der Waals surface area contributed by atoms with Crippen molar-refractivity contribution in [3.63, 3.8) is 0 Å². The maximum absolute atomic E-state index is 12.6. The first kappa shape index (κ1) is 18.9. The van der Waals surface area contributed by atoms with Gasteiger partial charge in [0.1, 0.15) is 0 Å². The third kappa shape index (κ3) is 3.77. The zero-order chi connectivity index (χ0) is 19.7. The van der Waals surface area contributed by atoms with Crippen LogP contribution in [0.5, 0.6) is 0 Å². The molecule has 2 fully saturated rings. The monoisotopic (exact) mass is 421 g/mol. The Kier molecular flexibility index (Phi) is 5.11. The fourth-order valence-corrected chi connectivity index (χ4v) is 5.16. The van der Waals surface area contributed by atoms with Crippen LogP contribution in [-0.4, -0.2) is 49.7 Å². The number of carbonyl (C=O) groups is 1.